The average molecular weight is 216 g/mol. The van der Waals surface area contributed by atoms with E-state index in [1.165, 1.54) is 44.2 Å². The molecule has 0 spiro atoms. The van der Waals surface area contributed by atoms with Gasteiger partial charge >= 0.3 is 0 Å². The molecule has 1 aromatic rings. The Bertz CT molecular complexity index is 389. The lowest BCUT2D eigenvalue weighted by atomic mass is 9.98. The molecule has 1 aromatic carbocycles. The van der Waals surface area contributed by atoms with E-state index in [1.807, 2.05) is 6.92 Å². The number of hydrogen-bond acceptors (Lipinski definition) is 2. The molecule has 2 aliphatic rings. The quantitative estimate of drug-likeness (QED) is 0.745. The third-order valence-corrected chi connectivity index (χ3v) is 3.85. The van der Waals surface area contributed by atoms with Crippen LogP contribution in [0.1, 0.15) is 42.0 Å². The lowest BCUT2D eigenvalue weighted by Gasteiger charge is -2.19. The maximum absolute atomic E-state index is 5.90. The lowest BCUT2D eigenvalue weighted by molar-refractivity contribution is 0.840. The van der Waals surface area contributed by atoms with E-state index in [4.69, 9.17) is 5.73 Å². The van der Waals surface area contributed by atoms with E-state index in [0.717, 1.165) is 0 Å². The lowest BCUT2D eigenvalue weighted by Crippen LogP contribution is -2.26. The molecular formula is C14H20N2. The Morgan fingerprint density at radius 2 is 1.62 bits per heavy atom. The minimum atomic E-state index is 0.0526. The van der Waals surface area contributed by atoms with Crippen molar-refractivity contribution in [2.24, 2.45) is 5.73 Å². The van der Waals surface area contributed by atoms with Gasteiger partial charge in [-0.2, -0.15) is 0 Å². The molecule has 16 heavy (non-hydrogen) atoms. The molecule has 2 heteroatoms. The Hall–Kier alpha value is -1.02. The summed E-state index contributed by atoms with van der Waals surface area (Å²) in [6.45, 7) is 2.02. The van der Waals surface area contributed by atoms with E-state index in [2.05, 4.69) is 11.4 Å². The van der Waals surface area contributed by atoms with Gasteiger partial charge < -0.3 is 11.1 Å². The summed E-state index contributed by atoms with van der Waals surface area (Å²) in [6.07, 6.45) is 7.66. The van der Waals surface area contributed by atoms with Gasteiger partial charge in [-0.15, -0.1) is 0 Å². The highest BCUT2D eigenvalue weighted by Crippen LogP contribution is 2.38. The number of aryl methyl sites for hydroxylation is 2. The van der Waals surface area contributed by atoms with Crippen molar-refractivity contribution in [3.05, 3.63) is 28.3 Å². The smallest absolute Gasteiger partial charge is 0.0714 e. The van der Waals surface area contributed by atoms with Crippen LogP contribution in [-0.4, -0.2) is 6.17 Å². The Balaban J connectivity index is 2.12. The molecule has 2 nitrogen and oxygen atoms in total. The summed E-state index contributed by atoms with van der Waals surface area (Å²) >= 11 is 0. The highest BCUT2D eigenvalue weighted by atomic mass is 15.0. The van der Waals surface area contributed by atoms with Crippen molar-refractivity contribution < 1.29 is 0 Å². The minimum Gasteiger partial charge on any atom is -0.370 e. The van der Waals surface area contributed by atoms with Gasteiger partial charge in [-0.1, -0.05) is 6.07 Å². The molecule has 1 unspecified atom stereocenters. The predicted octanol–water partition coefficient (Wildman–Crippen LogP) is 2.38. The van der Waals surface area contributed by atoms with Crippen molar-refractivity contribution in [3.8, 4) is 0 Å². The van der Waals surface area contributed by atoms with E-state index >= 15 is 0 Å². The SMILES string of the molecule is CC(N)Nc1c2c(cc3c1CCC3)CCC2. The summed E-state index contributed by atoms with van der Waals surface area (Å²) in [4.78, 5) is 0. The van der Waals surface area contributed by atoms with Gasteiger partial charge in [-0.3, -0.25) is 0 Å². The zero-order valence-electron chi connectivity index (χ0n) is 9.97. The van der Waals surface area contributed by atoms with Crippen LogP contribution in [0.25, 0.3) is 0 Å². The number of nitrogens with one attached hydrogen (secondary N) is 1. The van der Waals surface area contributed by atoms with Crippen molar-refractivity contribution in [3.63, 3.8) is 0 Å². The van der Waals surface area contributed by atoms with Crippen molar-refractivity contribution in [1.82, 2.24) is 0 Å². The third kappa shape index (κ3) is 1.52. The van der Waals surface area contributed by atoms with Gasteiger partial charge in [-0.25, -0.2) is 0 Å². The molecule has 0 amide bonds. The molecule has 0 fully saturated rings. The topological polar surface area (TPSA) is 38.0 Å². The molecule has 86 valence electrons. The highest BCUT2D eigenvalue weighted by Gasteiger charge is 2.23. The first kappa shape index (κ1) is 10.2. The molecule has 0 saturated heterocycles. The Morgan fingerprint density at radius 1 is 1.06 bits per heavy atom. The number of fused-ring (bicyclic) bond motifs is 2. The van der Waals surface area contributed by atoms with Gasteiger partial charge in [-0.05, 0) is 67.7 Å². The fraction of sp³-hybridized carbons (Fsp3) is 0.571. The second-order valence-corrected chi connectivity index (χ2v) is 5.17. The van der Waals surface area contributed by atoms with Gasteiger partial charge in [0.05, 0.1) is 6.17 Å². The first-order chi connectivity index (χ1) is 7.75. The molecular weight excluding hydrogens is 196 g/mol. The highest BCUT2D eigenvalue weighted by molar-refractivity contribution is 5.66. The normalized spacial score (nSPS) is 19.4. The largest absolute Gasteiger partial charge is 0.370 e. The number of rotatable bonds is 2. The maximum Gasteiger partial charge on any atom is 0.0714 e. The second-order valence-electron chi connectivity index (χ2n) is 5.17. The van der Waals surface area contributed by atoms with Crippen molar-refractivity contribution in [2.75, 3.05) is 5.32 Å². The Kier molecular flexibility index (Phi) is 2.40. The van der Waals surface area contributed by atoms with E-state index in [9.17, 15) is 0 Å². The third-order valence-electron chi connectivity index (χ3n) is 3.85. The van der Waals surface area contributed by atoms with E-state index < -0.39 is 0 Å². The Morgan fingerprint density at radius 3 is 2.12 bits per heavy atom. The monoisotopic (exact) mass is 216 g/mol. The summed E-state index contributed by atoms with van der Waals surface area (Å²) in [5, 5.41) is 3.48. The van der Waals surface area contributed by atoms with E-state index in [0.29, 0.717) is 0 Å². The van der Waals surface area contributed by atoms with Crippen LogP contribution in [0.15, 0.2) is 6.07 Å². The molecule has 0 heterocycles. The van der Waals surface area contributed by atoms with Crippen LogP contribution in [0.2, 0.25) is 0 Å². The standard InChI is InChI=1S/C14H20N2/c1-9(15)16-14-12-6-2-4-10(12)8-11-5-3-7-13(11)14/h8-9,16H,2-7,15H2,1H3. The summed E-state index contributed by atoms with van der Waals surface area (Å²) < 4.78 is 0. The minimum absolute atomic E-state index is 0.0526. The summed E-state index contributed by atoms with van der Waals surface area (Å²) in [5.74, 6) is 0. The van der Waals surface area contributed by atoms with Gasteiger partial charge in [0.25, 0.3) is 0 Å². The van der Waals surface area contributed by atoms with Gasteiger partial charge in [0.2, 0.25) is 0 Å². The molecule has 2 aliphatic carbocycles. The van der Waals surface area contributed by atoms with Crippen molar-refractivity contribution in [2.45, 2.75) is 51.6 Å². The average Bonchev–Trinajstić information content (AvgIpc) is 2.83. The van der Waals surface area contributed by atoms with Gasteiger partial charge in [0, 0.05) is 5.69 Å². The fourth-order valence-electron chi connectivity index (χ4n) is 3.22. The van der Waals surface area contributed by atoms with Crippen LogP contribution in [-0.2, 0) is 25.7 Å². The van der Waals surface area contributed by atoms with Gasteiger partial charge in [0.15, 0.2) is 0 Å². The maximum atomic E-state index is 5.90. The molecule has 1 atom stereocenters. The predicted molar refractivity (Wildman–Crippen MR) is 67.8 cm³/mol. The second kappa shape index (κ2) is 3.77. The number of hydrogen-bond donors (Lipinski definition) is 2. The van der Waals surface area contributed by atoms with Crippen LogP contribution in [0.4, 0.5) is 5.69 Å². The Labute approximate surface area is 97.2 Å². The molecule has 3 N–H and O–H groups in total. The summed E-state index contributed by atoms with van der Waals surface area (Å²) in [6, 6.07) is 2.46. The van der Waals surface area contributed by atoms with Crippen LogP contribution in [0.3, 0.4) is 0 Å². The number of anilines is 1. The van der Waals surface area contributed by atoms with E-state index in [1.54, 1.807) is 22.3 Å². The molecule has 0 radical (unpaired) electrons. The van der Waals surface area contributed by atoms with Crippen molar-refractivity contribution >= 4 is 5.69 Å². The first-order valence-corrected chi connectivity index (χ1v) is 6.44. The number of nitrogens with two attached hydrogens (primary N) is 1. The van der Waals surface area contributed by atoms with Crippen LogP contribution in [0, 0.1) is 0 Å². The molecule has 0 aliphatic heterocycles. The van der Waals surface area contributed by atoms with Crippen molar-refractivity contribution in [1.29, 1.82) is 0 Å². The van der Waals surface area contributed by atoms with Crippen LogP contribution in [0.5, 0.6) is 0 Å². The summed E-state index contributed by atoms with van der Waals surface area (Å²) in [5.41, 5.74) is 13.5. The molecule has 0 saturated carbocycles. The zero-order chi connectivity index (χ0) is 11.1. The summed E-state index contributed by atoms with van der Waals surface area (Å²) in [7, 11) is 0. The fourth-order valence-corrected chi connectivity index (χ4v) is 3.22. The molecule has 0 aromatic heterocycles. The molecule has 0 bridgehead atoms. The number of benzene rings is 1. The zero-order valence-corrected chi connectivity index (χ0v) is 9.97. The van der Waals surface area contributed by atoms with Gasteiger partial charge in [0.1, 0.15) is 0 Å². The van der Waals surface area contributed by atoms with E-state index in [-0.39, 0.29) is 6.17 Å². The molecule has 3 rings (SSSR count). The van der Waals surface area contributed by atoms with Crippen LogP contribution < -0.4 is 11.1 Å². The first-order valence-electron chi connectivity index (χ1n) is 6.44. The van der Waals surface area contributed by atoms with Crippen LogP contribution >= 0.6 is 0 Å².